The standard InChI is InChI=1S/C12H17NO3/c1-13(12(16)6-3-7-14)9-10-4-2-5-11(15)8-10/h2,4-5,8,14-15H,3,6-7,9H2,1H3. The summed E-state index contributed by atoms with van der Waals surface area (Å²) in [5.41, 5.74) is 0.889. The van der Waals surface area contributed by atoms with Crippen LogP contribution in [0.3, 0.4) is 0 Å². The highest BCUT2D eigenvalue weighted by Gasteiger charge is 2.08. The van der Waals surface area contributed by atoms with E-state index >= 15 is 0 Å². The van der Waals surface area contributed by atoms with Gasteiger partial charge in [0, 0.05) is 26.6 Å². The van der Waals surface area contributed by atoms with Crippen LogP contribution in [0.5, 0.6) is 5.75 Å². The molecule has 1 amide bonds. The van der Waals surface area contributed by atoms with Gasteiger partial charge in [-0.15, -0.1) is 0 Å². The Morgan fingerprint density at radius 1 is 1.44 bits per heavy atom. The predicted octanol–water partition coefficient (Wildman–Crippen LogP) is 1.12. The Bertz CT molecular complexity index is 352. The Morgan fingerprint density at radius 3 is 2.81 bits per heavy atom. The van der Waals surface area contributed by atoms with Gasteiger partial charge in [-0.2, -0.15) is 0 Å². The lowest BCUT2D eigenvalue weighted by molar-refractivity contribution is -0.130. The number of phenols is 1. The van der Waals surface area contributed by atoms with E-state index in [0.717, 1.165) is 5.56 Å². The number of aromatic hydroxyl groups is 1. The second-order valence-corrected chi connectivity index (χ2v) is 3.75. The molecule has 4 nitrogen and oxygen atoms in total. The summed E-state index contributed by atoms with van der Waals surface area (Å²) in [7, 11) is 1.71. The van der Waals surface area contributed by atoms with Gasteiger partial charge in [0.25, 0.3) is 0 Å². The first-order valence-electron chi connectivity index (χ1n) is 5.26. The molecule has 0 unspecified atom stereocenters. The highest BCUT2D eigenvalue weighted by atomic mass is 16.3. The van der Waals surface area contributed by atoms with Gasteiger partial charge in [0.2, 0.25) is 5.91 Å². The Labute approximate surface area is 95.1 Å². The third-order valence-electron chi connectivity index (χ3n) is 2.30. The van der Waals surface area contributed by atoms with Gasteiger partial charge in [0.1, 0.15) is 5.75 Å². The Kier molecular flexibility index (Phi) is 4.79. The predicted molar refractivity (Wildman–Crippen MR) is 60.9 cm³/mol. The second kappa shape index (κ2) is 6.12. The number of rotatable bonds is 5. The summed E-state index contributed by atoms with van der Waals surface area (Å²) >= 11 is 0. The fraction of sp³-hybridized carbons (Fsp3) is 0.417. The van der Waals surface area contributed by atoms with Crippen molar-refractivity contribution in [3.63, 3.8) is 0 Å². The highest BCUT2D eigenvalue weighted by Crippen LogP contribution is 2.12. The quantitative estimate of drug-likeness (QED) is 0.786. The first-order valence-corrected chi connectivity index (χ1v) is 5.26. The van der Waals surface area contributed by atoms with Crippen LogP contribution in [-0.2, 0) is 11.3 Å². The molecule has 4 heteroatoms. The lowest BCUT2D eigenvalue weighted by Crippen LogP contribution is -2.26. The maximum absolute atomic E-state index is 11.5. The first kappa shape index (κ1) is 12.5. The summed E-state index contributed by atoms with van der Waals surface area (Å²) in [5, 5.41) is 17.9. The van der Waals surface area contributed by atoms with E-state index in [0.29, 0.717) is 19.4 Å². The number of carbonyl (C=O) groups excluding carboxylic acids is 1. The van der Waals surface area contributed by atoms with Crippen molar-refractivity contribution >= 4 is 5.91 Å². The van der Waals surface area contributed by atoms with Crippen LogP contribution in [-0.4, -0.2) is 34.7 Å². The third-order valence-corrected chi connectivity index (χ3v) is 2.30. The number of hydrogen-bond acceptors (Lipinski definition) is 3. The number of hydrogen-bond donors (Lipinski definition) is 2. The summed E-state index contributed by atoms with van der Waals surface area (Å²) in [4.78, 5) is 13.1. The van der Waals surface area contributed by atoms with Crippen LogP contribution in [0.2, 0.25) is 0 Å². The van der Waals surface area contributed by atoms with Crippen molar-refractivity contribution in [3.05, 3.63) is 29.8 Å². The molecule has 0 fully saturated rings. The lowest BCUT2D eigenvalue weighted by Gasteiger charge is -2.17. The monoisotopic (exact) mass is 223 g/mol. The normalized spacial score (nSPS) is 10.1. The molecule has 0 aliphatic heterocycles. The number of carbonyl (C=O) groups is 1. The molecule has 1 rings (SSSR count). The van der Waals surface area contributed by atoms with E-state index in [1.54, 1.807) is 30.1 Å². The van der Waals surface area contributed by atoms with E-state index in [1.807, 2.05) is 6.07 Å². The molecule has 1 aromatic carbocycles. The molecular formula is C12H17NO3. The largest absolute Gasteiger partial charge is 0.508 e. The fourth-order valence-corrected chi connectivity index (χ4v) is 1.44. The zero-order valence-corrected chi connectivity index (χ0v) is 9.39. The molecule has 2 N–H and O–H groups in total. The SMILES string of the molecule is CN(Cc1cccc(O)c1)C(=O)CCCO. The van der Waals surface area contributed by atoms with Gasteiger partial charge in [-0.25, -0.2) is 0 Å². The fourth-order valence-electron chi connectivity index (χ4n) is 1.44. The molecule has 0 spiro atoms. The number of phenolic OH excluding ortho intramolecular Hbond substituents is 1. The molecule has 0 aromatic heterocycles. The van der Waals surface area contributed by atoms with Gasteiger partial charge < -0.3 is 15.1 Å². The average molecular weight is 223 g/mol. The lowest BCUT2D eigenvalue weighted by atomic mass is 10.2. The van der Waals surface area contributed by atoms with Crippen molar-refractivity contribution in [2.75, 3.05) is 13.7 Å². The number of aliphatic hydroxyl groups is 1. The van der Waals surface area contributed by atoms with Crippen LogP contribution in [0.1, 0.15) is 18.4 Å². The molecule has 0 atom stereocenters. The van der Waals surface area contributed by atoms with E-state index in [-0.39, 0.29) is 18.3 Å². The minimum Gasteiger partial charge on any atom is -0.508 e. The smallest absolute Gasteiger partial charge is 0.222 e. The van der Waals surface area contributed by atoms with Crippen molar-refractivity contribution < 1.29 is 15.0 Å². The van der Waals surface area contributed by atoms with E-state index in [1.165, 1.54) is 0 Å². The van der Waals surface area contributed by atoms with Gasteiger partial charge in [0.05, 0.1) is 0 Å². The van der Waals surface area contributed by atoms with Gasteiger partial charge in [-0.3, -0.25) is 4.79 Å². The molecule has 1 aromatic rings. The second-order valence-electron chi connectivity index (χ2n) is 3.75. The summed E-state index contributed by atoms with van der Waals surface area (Å²) in [6.07, 6.45) is 0.842. The average Bonchev–Trinajstić information content (AvgIpc) is 2.25. The van der Waals surface area contributed by atoms with Crippen molar-refractivity contribution in [3.8, 4) is 5.75 Å². The van der Waals surface area contributed by atoms with Crippen molar-refractivity contribution in [1.82, 2.24) is 4.90 Å². The van der Waals surface area contributed by atoms with Crippen LogP contribution in [0.15, 0.2) is 24.3 Å². The van der Waals surface area contributed by atoms with Crippen LogP contribution in [0.4, 0.5) is 0 Å². The van der Waals surface area contributed by atoms with Crippen LogP contribution in [0, 0.1) is 0 Å². The first-order chi connectivity index (χ1) is 7.63. The summed E-state index contributed by atoms with van der Waals surface area (Å²) in [6.45, 7) is 0.504. The van der Waals surface area contributed by atoms with Crippen molar-refractivity contribution in [1.29, 1.82) is 0 Å². The number of aliphatic hydroxyl groups excluding tert-OH is 1. The Balaban J connectivity index is 2.50. The van der Waals surface area contributed by atoms with E-state index in [4.69, 9.17) is 5.11 Å². The van der Waals surface area contributed by atoms with Crippen LogP contribution in [0.25, 0.3) is 0 Å². The van der Waals surface area contributed by atoms with Gasteiger partial charge in [-0.1, -0.05) is 12.1 Å². The summed E-state index contributed by atoms with van der Waals surface area (Å²) in [6, 6.07) is 6.83. The minimum atomic E-state index is -0.00241. The maximum atomic E-state index is 11.5. The van der Waals surface area contributed by atoms with E-state index < -0.39 is 0 Å². The zero-order valence-electron chi connectivity index (χ0n) is 9.39. The molecular weight excluding hydrogens is 206 g/mol. The van der Waals surface area contributed by atoms with Gasteiger partial charge >= 0.3 is 0 Å². The van der Waals surface area contributed by atoms with Crippen molar-refractivity contribution in [2.45, 2.75) is 19.4 Å². The summed E-state index contributed by atoms with van der Waals surface area (Å²) < 4.78 is 0. The maximum Gasteiger partial charge on any atom is 0.222 e. The summed E-state index contributed by atoms with van der Waals surface area (Å²) in [5.74, 6) is 0.200. The molecule has 0 saturated heterocycles. The molecule has 88 valence electrons. The van der Waals surface area contributed by atoms with Gasteiger partial charge in [-0.05, 0) is 24.1 Å². The molecule has 16 heavy (non-hydrogen) atoms. The van der Waals surface area contributed by atoms with Crippen LogP contribution < -0.4 is 0 Å². The Hall–Kier alpha value is -1.55. The topological polar surface area (TPSA) is 60.8 Å². The zero-order chi connectivity index (χ0) is 12.0. The minimum absolute atomic E-state index is 0.00241. The van der Waals surface area contributed by atoms with Gasteiger partial charge in [0.15, 0.2) is 0 Å². The molecule has 0 radical (unpaired) electrons. The number of benzene rings is 1. The van der Waals surface area contributed by atoms with E-state index in [2.05, 4.69) is 0 Å². The molecule has 0 saturated carbocycles. The third kappa shape index (κ3) is 3.90. The number of amides is 1. The molecule has 0 bridgehead atoms. The van der Waals surface area contributed by atoms with Crippen LogP contribution >= 0.6 is 0 Å². The highest BCUT2D eigenvalue weighted by molar-refractivity contribution is 5.75. The van der Waals surface area contributed by atoms with Crippen molar-refractivity contribution in [2.24, 2.45) is 0 Å². The molecule has 0 aliphatic rings. The Morgan fingerprint density at radius 2 is 2.19 bits per heavy atom. The number of nitrogens with zero attached hydrogens (tertiary/aromatic N) is 1. The molecule has 0 aliphatic carbocycles. The van der Waals surface area contributed by atoms with E-state index in [9.17, 15) is 9.90 Å². The molecule has 0 heterocycles.